The number of pyridine rings is 1. The quantitative estimate of drug-likeness (QED) is 0.743. The largest absolute Gasteiger partial charge is 0.324 e. The van der Waals surface area contributed by atoms with Crippen LogP contribution >= 0.6 is 11.8 Å². The van der Waals surface area contributed by atoms with Crippen LogP contribution in [0.4, 0.5) is 0 Å². The van der Waals surface area contributed by atoms with Crippen LogP contribution in [0.3, 0.4) is 0 Å². The van der Waals surface area contributed by atoms with Gasteiger partial charge in [-0.3, -0.25) is 0 Å². The van der Waals surface area contributed by atoms with Crippen LogP contribution in [0.2, 0.25) is 0 Å². The summed E-state index contributed by atoms with van der Waals surface area (Å²) < 4.78 is 2.05. The fourth-order valence-corrected chi connectivity index (χ4v) is 2.86. The zero-order chi connectivity index (χ0) is 13.9. The molecule has 3 nitrogen and oxygen atoms in total. The maximum atomic E-state index is 5.85. The molecular formula is C16H17N3S. The fourth-order valence-electron chi connectivity index (χ4n) is 2.08. The van der Waals surface area contributed by atoms with Gasteiger partial charge in [0.05, 0.1) is 5.69 Å². The Morgan fingerprint density at radius 1 is 1.20 bits per heavy atom. The molecule has 3 aromatic rings. The molecule has 102 valence electrons. The zero-order valence-electron chi connectivity index (χ0n) is 11.4. The molecule has 2 aromatic heterocycles. The highest BCUT2D eigenvalue weighted by Crippen LogP contribution is 2.24. The molecule has 0 radical (unpaired) electrons. The van der Waals surface area contributed by atoms with E-state index in [1.54, 1.807) is 11.8 Å². The lowest BCUT2D eigenvalue weighted by atomic mass is 10.1. The molecule has 0 fully saturated rings. The van der Waals surface area contributed by atoms with Gasteiger partial charge in [0.25, 0.3) is 0 Å². The van der Waals surface area contributed by atoms with E-state index in [1.165, 1.54) is 10.5 Å². The third-order valence-electron chi connectivity index (χ3n) is 3.21. The predicted molar refractivity (Wildman–Crippen MR) is 83.8 cm³/mol. The molecule has 1 aromatic carbocycles. The van der Waals surface area contributed by atoms with Crippen LogP contribution in [-0.4, -0.2) is 9.38 Å². The third kappa shape index (κ3) is 2.86. The van der Waals surface area contributed by atoms with Gasteiger partial charge in [0, 0.05) is 29.1 Å². The Hall–Kier alpha value is -1.78. The minimum atomic E-state index is 0.0903. The summed E-state index contributed by atoms with van der Waals surface area (Å²) >= 11 is 1.79. The number of nitrogens with two attached hydrogens (primary N) is 1. The van der Waals surface area contributed by atoms with Crippen molar-refractivity contribution in [2.24, 2.45) is 5.73 Å². The van der Waals surface area contributed by atoms with Crippen LogP contribution in [0.5, 0.6) is 0 Å². The lowest BCUT2D eigenvalue weighted by molar-refractivity contribution is 0.817. The van der Waals surface area contributed by atoms with Crippen molar-refractivity contribution >= 4 is 17.4 Å². The van der Waals surface area contributed by atoms with Crippen LogP contribution in [-0.2, 0) is 5.75 Å². The van der Waals surface area contributed by atoms with E-state index in [9.17, 15) is 0 Å². The summed E-state index contributed by atoms with van der Waals surface area (Å²) in [6.45, 7) is 2.00. The highest BCUT2D eigenvalue weighted by atomic mass is 32.2. The van der Waals surface area contributed by atoms with Gasteiger partial charge >= 0.3 is 0 Å². The number of nitrogens with zero attached hydrogens (tertiary/aromatic N) is 2. The van der Waals surface area contributed by atoms with Crippen molar-refractivity contribution in [2.45, 2.75) is 23.6 Å². The van der Waals surface area contributed by atoms with Gasteiger partial charge in [0.1, 0.15) is 5.65 Å². The average molecular weight is 283 g/mol. The van der Waals surface area contributed by atoms with Gasteiger partial charge in [-0.2, -0.15) is 0 Å². The first-order valence-electron chi connectivity index (χ1n) is 6.63. The monoisotopic (exact) mass is 283 g/mol. The standard InChI is InChI=1S/C16H17N3S/c1-12(17)13-5-7-15(8-6-13)20-11-14-10-19-9-3-2-4-16(19)18-14/h2-10,12H,11,17H2,1H3. The maximum absolute atomic E-state index is 5.85. The van der Waals surface area contributed by atoms with E-state index in [-0.39, 0.29) is 6.04 Å². The van der Waals surface area contributed by atoms with Gasteiger partial charge in [0.15, 0.2) is 0 Å². The summed E-state index contributed by atoms with van der Waals surface area (Å²) in [5.41, 5.74) is 9.11. The number of rotatable bonds is 4. The van der Waals surface area contributed by atoms with Gasteiger partial charge in [-0.05, 0) is 36.8 Å². The Morgan fingerprint density at radius 2 is 2.00 bits per heavy atom. The van der Waals surface area contributed by atoms with Crippen LogP contribution < -0.4 is 5.73 Å². The number of fused-ring (bicyclic) bond motifs is 1. The van der Waals surface area contributed by atoms with E-state index in [0.29, 0.717) is 0 Å². The molecule has 1 atom stereocenters. The van der Waals surface area contributed by atoms with Crippen LogP contribution in [0, 0.1) is 0 Å². The summed E-state index contributed by atoms with van der Waals surface area (Å²) in [5, 5.41) is 0. The summed E-state index contributed by atoms with van der Waals surface area (Å²) in [4.78, 5) is 5.84. The number of thioether (sulfide) groups is 1. The third-order valence-corrected chi connectivity index (χ3v) is 4.25. The number of hydrogen-bond donors (Lipinski definition) is 1. The summed E-state index contributed by atoms with van der Waals surface area (Å²) in [7, 11) is 0. The Labute approximate surface area is 122 Å². The van der Waals surface area contributed by atoms with Crippen molar-refractivity contribution < 1.29 is 0 Å². The second-order valence-electron chi connectivity index (χ2n) is 4.84. The average Bonchev–Trinajstić information content (AvgIpc) is 2.88. The molecule has 0 aliphatic heterocycles. The first-order valence-corrected chi connectivity index (χ1v) is 7.62. The van der Waals surface area contributed by atoms with Gasteiger partial charge < -0.3 is 10.1 Å². The number of hydrogen-bond acceptors (Lipinski definition) is 3. The van der Waals surface area contributed by atoms with E-state index in [4.69, 9.17) is 5.73 Å². The number of imidazole rings is 1. The molecule has 0 amide bonds. The topological polar surface area (TPSA) is 43.3 Å². The lowest BCUT2D eigenvalue weighted by Crippen LogP contribution is -2.04. The van der Waals surface area contributed by atoms with Crippen molar-refractivity contribution in [1.29, 1.82) is 0 Å². The normalized spacial score (nSPS) is 12.7. The van der Waals surface area contributed by atoms with Crippen LogP contribution in [0.1, 0.15) is 24.2 Å². The van der Waals surface area contributed by atoms with Gasteiger partial charge in [0.2, 0.25) is 0 Å². The molecule has 1 unspecified atom stereocenters. The van der Waals surface area contributed by atoms with E-state index >= 15 is 0 Å². The molecule has 3 rings (SSSR count). The molecule has 20 heavy (non-hydrogen) atoms. The number of aromatic nitrogens is 2. The zero-order valence-corrected chi connectivity index (χ0v) is 12.2. The Morgan fingerprint density at radius 3 is 2.70 bits per heavy atom. The first-order chi connectivity index (χ1) is 9.72. The Balaban J connectivity index is 1.69. The molecule has 0 aliphatic carbocycles. The van der Waals surface area contributed by atoms with Crippen molar-refractivity contribution in [1.82, 2.24) is 9.38 Å². The molecule has 0 bridgehead atoms. The van der Waals surface area contributed by atoms with Crippen LogP contribution in [0.25, 0.3) is 5.65 Å². The second-order valence-corrected chi connectivity index (χ2v) is 5.89. The fraction of sp³-hybridized carbons (Fsp3) is 0.188. The molecule has 0 spiro atoms. The van der Waals surface area contributed by atoms with Crippen molar-refractivity contribution in [3.05, 3.63) is 66.1 Å². The Kier molecular flexibility index (Phi) is 3.76. The molecule has 4 heteroatoms. The highest BCUT2D eigenvalue weighted by molar-refractivity contribution is 7.98. The first kappa shape index (κ1) is 13.2. The smallest absolute Gasteiger partial charge is 0.137 e. The molecular weight excluding hydrogens is 266 g/mol. The van der Waals surface area contributed by atoms with Crippen LogP contribution in [0.15, 0.2) is 59.8 Å². The van der Waals surface area contributed by atoms with Crippen molar-refractivity contribution in [2.75, 3.05) is 0 Å². The van der Waals surface area contributed by atoms with Crippen molar-refractivity contribution in [3.63, 3.8) is 0 Å². The predicted octanol–water partition coefficient (Wildman–Crippen LogP) is 3.65. The second kappa shape index (κ2) is 5.69. The molecule has 2 heterocycles. The van der Waals surface area contributed by atoms with E-state index < -0.39 is 0 Å². The minimum Gasteiger partial charge on any atom is -0.324 e. The van der Waals surface area contributed by atoms with E-state index in [0.717, 1.165) is 17.1 Å². The summed E-state index contributed by atoms with van der Waals surface area (Å²) in [5.74, 6) is 0.874. The molecule has 2 N–H and O–H groups in total. The SMILES string of the molecule is CC(N)c1ccc(SCc2cn3ccccc3n2)cc1. The number of benzene rings is 1. The van der Waals surface area contributed by atoms with Gasteiger partial charge in [-0.15, -0.1) is 11.8 Å². The maximum Gasteiger partial charge on any atom is 0.137 e. The summed E-state index contributed by atoms with van der Waals surface area (Å²) in [6.07, 6.45) is 4.10. The Bertz CT molecular complexity index is 668. The van der Waals surface area contributed by atoms with Crippen molar-refractivity contribution in [3.8, 4) is 0 Å². The molecule has 0 saturated carbocycles. The highest BCUT2D eigenvalue weighted by Gasteiger charge is 2.03. The summed E-state index contributed by atoms with van der Waals surface area (Å²) in [6, 6.07) is 14.6. The lowest BCUT2D eigenvalue weighted by Gasteiger charge is -2.06. The van der Waals surface area contributed by atoms with E-state index in [2.05, 4.69) is 39.8 Å². The molecule has 0 saturated heterocycles. The van der Waals surface area contributed by atoms with E-state index in [1.807, 2.05) is 31.3 Å². The van der Waals surface area contributed by atoms with Gasteiger partial charge in [-0.25, -0.2) is 4.98 Å². The molecule has 0 aliphatic rings. The van der Waals surface area contributed by atoms with Gasteiger partial charge in [-0.1, -0.05) is 18.2 Å². The minimum absolute atomic E-state index is 0.0903.